The molecule has 0 aromatic heterocycles. The lowest BCUT2D eigenvalue weighted by Gasteiger charge is -2.36. The van der Waals surface area contributed by atoms with Crippen molar-refractivity contribution in [2.45, 2.75) is 52.1 Å². The fraction of sp³-hybridized carbons (Fsp3) is 0.423. The molecule has 3 amide bonds. The number of carbonyl (C=O) groups excluding carboxylic acids is 3. The number of piperidine rings is 1. The van der Waals surface area contributed by atoms with Crippen LogP contribution in [0.4, 0.5) is 0 Å². The maximum absolute atomic E-state index is 13.1. The summed E-state index contributed by atoms with van der Waals surface area (Å²) in [6.45, 7) is 7.06. The fourth-order valence-corrected chi connectivity index (χ4v) is 3.96. The van der Waals surface area contributed by atoms with E-state index in [1.807, 2.05) is 68.1 Å². The van der Waals surface area contributed by atoms with E-state index in [1.54, 1.807) is 12.1 Å². The van der Waals surface area contributed by atoms with Gasteiger partial charge in [0, 0.05) is 30.3 Å². The molecule has 0 spiro atoms. The number of rotatable bonds is 7. The van der Waals surface area contributed by atoms with Gasteiger partial charge in [0.25, 0.3) is 11.8 Å². The minimum absolute atomic E-state index is 0.00773. The Labute approximate surface area is 190 Å². The molecule has 32 heavy (non-hydrogen) atoms. The van der Waals surface area contributed by atoms with Crippen molar-refractivity contribution >= 4 is 17.7 Å². The standard InChI is InChI=1S/C26H33N3O3/c1-4-19(3)27-25(31)23(28-24(30)21-12-10-18(2)11-13-21)20-14-16-29(17-15-20)26(32)22-8-6-5-7-9-22/h5-13,19-20,23H,4,14-17H2,1-3H3,(H,27,31)(H,28,30)/t19-,23+/m1/s1. The Morgan fingerprint density at radius 2 is 1.56 bits per heavy atom. The zero-order valence-corrected chi connectivity index (χ0v) is 19.1. The third-order valence-corrected chi connectivity index (χ3v) is 6.20. The number of hydrogen-bond acceptors (Lipinski definition) is 3. The van der Waals surface area contributed by atoms with Gasteiger partial charge in [0.05, 0.1) is 0 Å². The van der Waals surface area contributed by atoms with Crippen LogP contribution in [0.2, 0.25) is 0 Å². The number of nitrogens with zero attached hydrogens (tertiary/aromatic N) is 1. The molecule has 1 aliphatic heterocycles. The van der Waals surface area contributed by atoms with E-state index in [0.717, 1.165) is 12.0 Å². The molecule has 6 heteroatoms. The van der Waals surface area contributed by atoms with Gasteiger partial charge in [-0.1, -0.05) is 42.8 Å². The molecule has 170 valence electrons. The van der Waals surface area contributed by atoms with Crippen molar-refractivity contribution in [3.05, 3.63) is 71.3 Å². The van der Waals surface area contributed by atoms with Gasteiger partial charge in [-0.3, -0.25) is 14.4 Å². The predicted octanol–water partition coefficient (Wildman–Crippen LogP) is 3.56. The van der Waals surface area contributed by atoms with E-state index in [-0.39, 0.29) is 29.7 Å². The maximum Gasteiger partial charge on any atom is 0.253 e. The fourth-order valence-electron chi connectivity index (χ4n) is 3.96. The Morgan fingerprint density at radius 1 is 0.938 bits per heavy atom. The van der Waals surface area contributed by atoms with E-state index in [0.29, 0.717) is 37.1 Å². The van der Waals surface area contributed by atoms with Crippen molar-refractivity contribution < 1.29 is 14.4 Å². The van der Waals surface area contributed by atoms with Crippen molar-refractivity contribution in [3.63, 3.8) is 0 Å². The van der Waals surface area contributed by atoms with Crippen molar-refractivity contribution in [2.75, 3.05) is 13.1 Å². The van der Waals surface area contributed by atoms with Crippen molar-refractivity contribution in [2.24, 2.45) is 5.92 Å². The van der Waals surface area contributed by atoms with Crippen LogP contribution in [0.5, 0.6) is 0 Å². The number of nitrogens with one attached hydrogen (secondary N) is 2. The van der Waals surface area contributed by atoms with Gasteiger partial charge in [-0.25, -0.2) is 0 Å². The molecule has 0 radical (unpaired) electrons. The molecule has 0 saturated carbocycles. The second kappa shape index (κ2) is 10.9. The van der Waals surface area contributed by atoms with E-state index in [9.17, 15) is 14.4 Å². The summed E-state index contributed by atoms with van der Waals surface area (Å²) in [7, 11) is 0. The SMILES string of the molecule is CC[C@@H](C)NC(=O)[C@@H](NC(=O)c1ccc(C)cc1)C1CCN(C(=O)c2ccccc2)CC1. The highest BCUT2D eigenvalue weighted by molar-refractivity contribution is 5.98. The van der Waals surface area contributed by atoms with Gasteiger partial charge in [0.1, 0.15) is 6.04 Å². The van der Waals surface area contributed by atoms with Crippen LogP contribution in [0.25, 0.3) is 0 Å². The maximum atomic E-state index is 13.1. The van der Waals surface area contributed by atoms with Crippen LogP contribution in [0.15, 0.2) is 54.6 Å². The zero-order valence-electron chi connectivity index (χ0n) is 19.1. The molecule has 0 bridgehead atoms. The third-order valence-electron chi connectivity index (χ3n) is 6.20. The topological polar surface area (TPSA) is 78.5 Å². The highest BCUT2D eigenvalue weighted by atomic mass is 16.2. The van der Waals surface area contributed by atoms with Crippen LogP contribution < -0.4 is 10.6 Å². The summed E-state index contributed by atoms with van der Waals surface area (Å²) >= 11 is 0. The Bertz CT molecular complexity index is 919. The van der Waals surface area contributed by atoms with Crippen LogP contribution in [0.3, 0.4) is 0 Å². The van der Waals surface area contributed by atoms with Crippen molar-refractivity contribution in [1.29, 1.82) is 0 Å². The zero-order chi connectivity index (χ0) is 23.1. The van der Waals surface area contributed by atoms with Crippen molar-refractivity contribution in [3.8, 4) is 0 Å². The van der Waals surface area contributed by atoms with Gasteiger partial charge in [-0.2, -0.15) is 0 Å². The number of benzene rings is 2. The predicted molar refractivity (Wildman–Crippen MR) is 125 cm³/mol. The molecule has 1 saturated heterocycles. The summed E-state index contributed by atoms with van der Waals surface area (Å²) in [4.78, 5) is 40.5. The van der Waals surface area contributed by atoms with E-state index in [4.69, 9.17) is 0 Å². The van der Waals surface area contributed by atoms with Gasteiger partial charge < -0.3 is 15.5 Å². The van der Waals surface area contributed by atoms with Gasteiger partial charge in [-0.05, 0) is 63.3 Å². The molecular weight excluding hydrogens is 402 g/mol. The molecule has 1 heterocycles. The Morgan fingerprint density at radius 3 is 2.16 bits per heavy atom. The minimum atomic E-state index is -0.633. The van der Waals surface area contributed by atoms with E-state index in [2.05, 4.69) is 10.6 Å². The number of aryl methyl sites for hydroxylation is 1. The van der Waals surface area contributed by atoms with Crippen LogP contribution in [-0.2, 0) is 4.79 Å². The second-order valence-electron chi connectivity index (χ2n) is 8.63. The monoisotopic (exact) mass is 435 g/mol. The number of likely N-dealkylation sites (tertiary alicyclic amines) is 1. The summed E-state index contributed by atoms with van der Waals surface area (Å²) in [5, 5.41) is 5.99. The molecule has 6 nitrogen and oxygen atoms in total. The molecule has 2 atom stereocenters. The van der Waals surface area contributed by atoms with E-state index in [1.165, 1.54) is 0 Å². The smallest absolute Gasteiger partial charge is 0.253 e. The molecule has 2 aromatic carbocycles. The van der Waals surface area contributed by atoms with Gasteiger partial charge in [-0.15, -0.1) is 0 Å². The molecular formula is C26H33N3O3. The first-order valence-electron chi connectivity index (χ1n) is 11.4. The first kappa shape index (κ1) is 23.5. The Hall–Kier alpha value is -3.15. The number of amides is 3. The molecule has 0 aliphatic carbocycles. The summed E-state index contributed by atoms with van der Waals surface area (Å²) in [5.74, 6) is -0.439. The third kappa shape index (κ3) is 5.96. The lowest BCUT2D eigenvalue weighted by Crippen LogP contribution is -2.55. The van der Waals surface area contributed by atoms with E-state index >= 15 is 0 Å². The Balaban J connectivity index is 1.69. The molecule has 2 N–H and O–H groups in total. The largest absolute Gasteiger partial charge is 0.352 e. The highest BCUT2D eigenvalue weighted by Crippen LogP contribution is 2.23. The van der Waals surface area contributed by atoms with Crippen LogP contribution in [0.1, 0.15) is 59.4 Å². The normalized spacial score (nSPS) is 16.2. The van der Waals surface area contributed by atoms with Crippen molar-refractivity contribution in [1.82, 2.24) is 15.5 Å². The molecule has 1 aliphatic rings. The molecule has 1 fully saturated rings. The molecule has 2 aromatic rings. The average molecular weight is 436 g/mol. The summed E-state index contributed by atoms with van der Waals surface area (Å²) in [6.07, 6.45) is 2.13. The average Bonchev–Trinajstić information content (AvgIpc) is 2.82. The first-order chi connectivity index (χ1) is 15.4. The number of hydrogen-bond donors (Lipinski definition) is 2. The minimum Gasteiger partial charge on any atom is -0.352 e. The number of carbonyl (C=O) groups is 3. The van der Waals surface area contributed by atoms with Gasteiger partial charge >= 0.3 is 0 Å². The molecule has 3 rings (SSSR count). The first-order valence-corrected chi connectivity index (χ1v) is 11.4. The summed E-state index contributed by atoms with van der Waals surface area (Å²) in [6, 6.07) is 16.0. The van der Waals surface area contributed by atoms with Crippen LogP contribution in [-0.4, -0.2) is 47.8 Å². The lowest BCUT2D eigenvalue weighted by atomic mass is 9.88. The molecule has 0 unspecified atom stereocenters. The van der Waals surface area contributed by atoms with Gasteiger partial charge in [0.15, 0.2) is 0 Å². The lowest BCUT2D eigenvalue weighted by molar-refractivity contribution is -0.125. The quantitative estimate of drug-likeness (QED) is 0.698. The highest BCUT2D eigenvalue weighted by Gasteiger charge is 2.34. The summed E-state index contributed by atoms with van der Waals surface area (Å²) in [5.41, 5.74) is 2.28. The van der Waals surface area contributed by atoms with Crippen LogP contribution in [0, 0.1) is 12.8 Å². The van der Waals surface area contributed by atoms with Crippen LogP contribution >= 0.6 is 0 Å². The van der Waals surface area contributed by atoms with E-state index < -0.39 is 6.04 Å². The Kier molecular flexibility index (Phi) is 8.03. The summed E-state index contributed by atoms with van der Waals surface area (Å²) < 4.78 is 0. The van der Waals surface area contributed by atoms with Gasteiger partial charge in [0.2, 0.25) is 5.91 Å². The second-order valence-corrected chi connectivity index (χ2v) is 8.63.